The number of sulfone groups is 1. The van der Waals surface area contributed by atoms with E-state index in [1.165, 1.54) is 11.8 Å². The zero-order chi connectivity index (χ0) is 17.6. The highest BCUT2D eigenvalue weighted by Crippen LogP contribution is 2.41. The van der Waals surface area contributed by atoms with Crippen LogP contribution in [0.3, 0.4) is 0 Å². The normalized spacial score (nSPS) is 27.0. The van der Waals surface area contributed by atoms with Gasteiger partial charge < -0.3 is 4.90 Å². The van der Waals surface area contributed by atoms with Gasteiger partial charge in [0.1, 0.15) is 0 Å². The highest BCUT2D eigenvalue weighted by atomic mass is 35.5. The summed E-state index contributed by atoms with van der Waals surface area (Å²) in [5, 5.41) is 1.07. The van der Waals surface area contributed by atoms with Crippen LogP contribution in [0.5, 0.6) is 0 Å². The van der Waals surface area contributed by atoms with Crippen molar-refractivity contribution in [3.8, 4) is 0 Å². The molecule has 2 heterocycles. The van der Waals surface area contributed by atoms with Crippen LogP contribution in [0.15, 0.2) is 23.2 Å². The lowest BCUT2D eigenvalue weighted by molar-refractivity contribution is -0.120. The molecule has 1 amide bonds. The first kappa shape index (κ1) is 17.8. The van der Waals surface area contributed by atoms with E-state index in [9.17, 15) is 13.2 Å². The second-order valence-corrected chi connectivity index (χ2v) is 10.3. The molecule has 0 aromatic heterocycles. The van der Waals surface area contributed by atoms with Gasteiger partial charge in [-0.15, -0.1) is 0 Å². The van der Waals surface area contributed by atoms with Gasteiger partial charge in [0.2, 0.25) is 0 Å². The lowest BCUT2D eigenvalue weighted by Crippen LogP contribution is -2.37. The SMILES string of the molecule is Cc1ccc(N2C(=NC(=O)C(C)C)SC3CS(=O)(=O)CC32)cc1Cl. The van der Waals surface area contributed by atoms with Crippen LogP contribution in [0.2, 0.25) is 5.02 Å². The molecule has 2 aliphatic rings. The number of carbonyl (C=O) groups is 1. The van der Waals surface area contributed by atoms with Crippen LogP contribution in [-0.2, 0) is 14.6 Å². The molecule has 0 spiro atoms. The Bertz CT molecular complexity index is 821. The second kappa shape index (κ2) is 6.35. The van der Waals surface area contributed by atoms with Gasteiger partial charge in [-0.25, -0.2) is 8.42 Å². The molecule has 2 unspecified atom stereocenters. The average molecular weight is 387 g/mol. The molecule has 2 atom stereocenters. The molecule has 0 radical (unpaired) electrons. The van der Waals surface area contributed by atoms with Gasteiger partial charge in [0, 0.05) is 21.9 Å². The summed E-state index contributed by atoms with van der Waals surface area (Å²) in [6.07, 6.45) is 0. The fourth-order valence-electron chi connectivity index (χ4n) is 2.82. The van der Waals surface area contributed by atoms with Crippen LogP contribution in [0.1, 0.15) is 19.4 Å². The van der Waals surface area contributed by atoms with Crippen LogP contribution in [-0.4, -0.2) is 42.3 Å². The maximum Gasteiger partial charge on any atom is 0.250 e. The third-order valence-electron chi connectivity index (χ3n) is 4.20. The molecule has 1 aromatic rings. The Labute approximate surface area is 151 Å². The highest BCUT2D eigenvalue weighted by Gasteiger charge is 2.49. The fourth-order valence-corrected chi connectivity index (χ4v) is 6.92. The van der Waals surface area contributed by atoms with Gasteiger partial charge in [0.25, 0.3) is 5.91 Å². The third-order valence-corrected chi connectivity index (χ3v) is 7.82. The summed E-state index contributed by atoms with van der Waals surface area (Å²) in [5.74, 6) is -0.215. The molecule has 5 nitrogen and oxygen atoms in total. The molecule has 1 aromatic carbocycles. The number of aryl methyl sites for hydroxylation is 1. The van der Waals surface area contributed by atoms with E-state index in [4.69, 9.17) is 11.6 Å². The van der Waals surface area contributed by atoms with Gasteiger partial charge >= 0.3 is 0 Å². The predicted molar refractivity (Wildman–Crippen MR) is 99.8 cm³/mol. The summed E-state index contributed by atoms with van der Waals surface area (Å²) in [5.41, 5.74) is 1.72. The Balaban J connectivity index is 2.04. The topological polar surface area (TPSA) is 66.8 Å². The molecular formula is C16H19ClN2O3S2. The lowest BCUT2D eigenvalue weighted by atomic mass is 10.1. The van der Waals surface area contributed by atoms with E-state index in [0.29, 0.717) is 10.2 Å². The summed E-state index contributed by atoms with van der Waals surface area (Å²) < 4.78 is 24.0. The molecule has 0 N–H and O–H groups in total. The second-order valence-electron chi connectivity index (χ2n) is 6.49. The maximum absolute atomic E-state index is 12.1. The molecule has 2 saturated heterocycles. The van der Waals surface area contributed by atoms with Crippen LogP contribution >= 0.6 is 23.4 Å². The minimum atomic E-state index is -3.07. The van der Waals surface area contributed by atoms with E-state index >= 15 is 0 Å². The zero-order valence-electron chi connectivity index (χ0n) is 13.7. The summed E-state index contributed by atoms with van der Waals surface area (Å²) in [4.78, 5) is 18.2. The van der Waals surface area contributed by atoms with Gasteiger partial charge in [0.15, 0.2) is 15.0 Å². The number of aliphatic imine (C=N–C) groups is 1. The van der Waals surface area contributed by atoms with E-state index in [1.54, 1.807) is 19.9 Å². The van der Waals surface area contributed by atoms with Crippen molar-refractivity contribution in [3.05, 3.63) is 28.8 Å². The lowest BCUT2D eigenvalue weighted by Gasteiger charge is -2.25. The molecule has 8 heteroatoms. The molecule has 24 heavy (non-hydrogen) atoms. The highest BCUT2D eigenvalue weighted by molar-refractivity contribution is 8.16. The van der Waals surface area contributed by atoms with Crippen molar-refractivity contribution < 1.29 is 13.2 Å². The van der Waals surface area contributed by atoms with E-state index in [0.717, 1.165) is 11.3 Å². The molecule has 0 bridgehead atoms. The Morgan fingerprint density at radius 2 is 2.08 bits per heavy atom. The van der Waals surface area contributed by atoms with Crippen LogP contribution in [0.25, 0.3) is 0 Å². The van der Waals surface area contributed by atoms with Gasteiger partial charge in [-0.2, -0.15) is 4.99 Å². The number of nitrogens with zero attached hydrogens (tertiary/aromatic N) is 2. The quantitative estimate of drug-likeness (QED) is 0.781. The Morgan fingerprint density at radius 3 is 2.71 bits per heavy atom. The monoisotopic (exact) mass is 386 g/mol. The zero-order valence-corrected chi connectivity index (χ0v) is 16.1. The number of hydrogen-bond acceptors (Lipinski definition) is 4. The first-order chi connectivity index (χ1) is 11.2. The largest absolute Gasteiger partial charge is 0.316 e. The summed E-state index contributed by atoms with van der Waals surface area (Å²) in [6.45, 7) is 5.50. The number of benzene rings is 1. The minimum Gasteiger partial charge on any atom is -0.316 e. The smallest absolute Gasteiger partial charge is 0.250 e. The van der Waals surface area contributed by atoms with Crippen molar-refractivity contribution in [3.63, 3.8) is 0 Å². The average Bonchev–Trinajstić information content (AvgIpc) is 2.93. The molecule has 130 valence electrons. The summed E-state index contributed by atoms with van der Waals surface area (Å²) >= 11 is 7.61. The maximum atomic E-state index is 12.1. The van der Waals surface area contributed by atoms with E-state index < -0.39 is 9.84 Å². The number of fused-ring (bicyclic) bond motifs is 1. The van der Waals surface area contributed by atoms with Crippen LogP contribution in [0, 0.1) is 12.8 Å². The number of amidine groups is 1. The number of carbonyl (C=O) groups excluding carboxylic acids is 1. The van der Waals surface area contributed by atoms with Gasteiger partial charge in [-0.1, -0.05) is 43.3 Å². The van der Waals surface area contributed by atoms with Crippen molar-refractivity contribution in [1.82, 2.24) is 0 Å². The van der Waals surface area contributed by atoms with Crippen LogP contribution in [0.4, 0.5) is 5.69 Å². The third kappa shape index (κ3) is 3.34. The summed E-state index contributed by atoms with van der Waals surface area (Å²) in [6, 6.07) is 5.38. The first-order valence-electron chi connectivity index (χ1n) is 7.73. The number of amides is 1. The van der Waals surface area contributed by atoms with Crippen LogP contribution < -0.4 is 4.90 Å². The van der Waals surface area contributed by atoms with Crippen molar-refractivity contribution >= 4 is 50.0 Å². The minimum absolute atomic E-state index is 0.0745. The van der Waals surface area contributed by atoms with Gasteiger partial charge in [0.05, 0.1) is 17.5 Å². The number of halogens is 1. The van der Waals surface area contributed by atoms with Crippen molar-refractivity contribution in [2.24, 2.45) is 10.9 Å². The molecule has 0 aliphatic carbocycles. The summed E-state index contributed by atoms with van der Waals surface area (Å²) in [7, 11) is -3.07. The number of rotatable bonds is 2. The predicted octanol–water partition coefficient (Wildman–Crippen LogP) is 2.91. The van der Waals surface area contributed by atoms with Gasteiger partial charge in [-0.3, -0.25) is 4.79 Å². The molecule has 0 saturated carbocycles. The Kier molecular flexibility index (Phi) is 4.70. The number of hydrogen-bond donors (Lipinski definition) is 0. The Morgan fingerprint density at radius 1 is 1.38 bits per heavy atom. The van der Waals surface area contributed by atoms with Crippen molar-refractivity contribution in [2.45, 2.75) is 32.1 Å². The first-order valence-corrected chi connectivity index (χ1v) is 10.8. The molecule has 3 rings (SSSR count). The molecular weight excluding hydrogens is 368 g/mol. The fraction of sp³-hybridized carbons (Fsp3) is 0.500. The van der Waals surface area contributed by atoms with Crippen molar-refractivity contribution in [1.29, 1.82) is 0 Å². The van der Waals surface area contributed by atoms with Crippen molar-refractivity contribution in [2.75, 3.05) is 16.4 Å². The molecule has 2 aliphatic heterocycles. The number of anilines is 1. The van der Waals surface area contributed by atoms with E-state index in [1.807, 2.05) is 24.0 Å². The van der Waals surface area contributed by atoms with Gasteiger partial charge in [-0.05, 0) is 24.6 Å². The van der Waals surface area contributed by atoms with E-state index in [-0.39, 0.29) is 34.6 Å². The standard InChI is InChI=1S/C16H19ClN2O3S2/c1-9(2)15(20)18-16-19(11-5-4-10(3)12(17)6-11)13-7-24(21,22)8-14(13)23-16/h4-6,9,13-14H,7-8H2,1-3H3. The number of thioether (sulfide) groups is 1. The Hall–Kier alpha value is -1.05. The van der Waals surface area contributed by atoms with E-state index in [2.05, 4.69) is 4.99 Å². The molecule has 2 fully saturated rings.